The monoisotopic (exact) mass is 386 g/mol. The van der Waals surface area contributed by atoms with Gasteiger partial charge in [0.15, 0.2) is 0 Å². The van der Waals surface area contributed by atoms with Crippen molar-refractivity contribution < 1.29 is 19.1 Å². The molecule has 1 fully saturated rings. The van der Waals surface area contributed by atoms with Crippen LogP contribution in [-0.4, -0.2) is 47.5 Å². The van der Waals surface area contributed by atoms with E-state index in [1.165, 1.54) is 7.11 Å². The zero-order chi connectivity index (χ0) is 21.1. The van der Waals surface area contributed by atoms with Crippen molar-refractivity contribution in [3.8, 4) is 11.8 Å². The number of nitrogens with zero attached hydrogens (tertiary/aromatic N) is 2. The number of carbonyl (C=O) groups is 3. The molecular formula is C20H26N4O4. The molecule has 1 aromatic carbocycles. The van der Waals surface area contributed by atoms with Gasteiger partial charge < -0.3 is 15.4 Å². The largest absolute Gasteiger partial charge is 0.496 e. The van der Waals surface area contributed by atoms with Crippen molar-refractivity contribution in [2.75, 3.05) is 13.7 Å². The lowest BCUT2D eigenvalue weighted by molar-refractivity contribution is -0.135. The van der Waals surface area contributed by atoms with Gasteiger partial charge in [0.1, 0.15) is 23.4 Å². The molecule has 0 spiro atoms. The molecule has 150 valence electrons. The van der Waals surface area contributed by atoms with E-state index >= 15 is 0 Å². The summed E-state index contributed by atoms with van der Waals surface area (Å²) in [6.45, 7) is 6.39. The van der Waals surface area contributed by atoms with Crippen LogP contribution in [-0.2, 0) is 16.0 Å². The number of hydrogen-bond donors (Lipinski definition) is 2. The number of urea groups is 1. The molecule has 2 rings (SSSR count). The highest BCUT2D eigenvalue weighted by Gasteiger charge is 2.49. The normalized spacial score (nSPS) is 21.1. The van der Waals surface area contributed by atoms with Gasteiger partial charge in [-0.15, -0.1) is 0 Å². The highest BCUT2D eigenvalue weighted by Crippen LogP contribution is 2.27. The van der Waals surface area contributed by atoms with Gasteiger partial charge in [0.2, 0.25) is 5.91 Å². The second kappa shape index (κ2) is 7.89. The summed E-state index contributed by atoms with van der Waals surface area (Å²) < 4.78 is 5.31. The topological polar surface area (TPSA) is 112 Å². The average Bonchev–Trinajstić information content (AvgIpc) is 2.84. The second-order valence-electron chi connectivity index (χ2n) is 7.66. The summed E-state index contributed by atoms with van der Waals surface area (Å²) in [6, 6.07) is 8.67. The number of amides is 4. The number of nitrogens with one attached hydrogen (secondary N) is 2. The highest BCUT2D eigenvalue weighted by molar-refractivity contribution is 6.09. The van der Waals surface area contributed by atoms with Crippen molar-refractivity contribution in [3.05, 3.63) is 29.8 Å². The summed E-state index contributed by atoms with van der Waals surface area (Å²) in [7, 11) is 1.54. The molecule has 1 aliphatic heterocycles. The maximum Gasteiger partial charge on any atom is 0.325 e. The average molecular weight is 386 g/mol. The van der Waals surface area contributed by atoms with Crippen molar-refractivity contribution in [3.63, 3.8) is 0 Å². The second-order valence-corrected chi connectivity index (χ2v) is 7.66. The van der Waals surface area contributed by atoms with Gasteiger partial charge in [-0.1, -0.05) is 32.0 Å². The van der Waals surface area contributed by atoms with Gasteiger partial charge in [0.05, 0.1) is 13.2 Å². The Morgan fingerprint density at radius 1 is 1.39 bits per heavy atom. The predicted molar refractivity (Wildman–Crippen MR) is 102 cm³/mol. The van der Waals surface area contributed by atoms with E-state index < -0.39 is 35.5 Å². The van der Waals surface area contributed by atoms with Gasteiger partial charge in [0, 0.05) is 6.42 Å². The summed E-state index contributed by atoms with van der Waals surface area (Å²) in [5.74, 6) is -0.589. The van der Waals surface area contributed by atoms with Gasteiger partial charge in [-0.2, -0.15) is 5.26 Å². The molecule has 1 saturated heterocycles. The Morgan fingerprint density at radius 2 is 2.04 bits per heavy atom. The van der Waals surface area contributed by atoms with Crippen molar-refractivity contribution in [1.82, 2.24) is 15.5 Å². The molecule has 2 N–H and O–H groups in total. The lowest BCUT2D eigenvalue weighted by Crippen LogP contribution is -2.53. The van der Waals surface area contributed by atoms with Gasteiger partial charge in [-0.25, -0.2) is 4.79 Å². The molecule has 28 heavy (non-hydrogen) atoms. The van der Waals surface area contributed by atoms with Crippen LogP contribution < -0.4 is 15.4 Å². The Kier molecular flexibility index (Phi) is 5.98. The number of para-hydroxylation sites is 1. The van der Waals surface area contributed by atoms with Crippen LogP contribution in [0.3, 0.4) is 0 Å². The maximum absolute atomic E-state index is 12.9. The first-order valence-electron chi connectivity index (χ1n) is 9.04. The molecule has 8 heteroatoms. The lowest BCUT2D eigenvalue weighted by Gasteiger charge is -2.28. The first kappa shape index (κ1) is 21.2. The molecule has 0 aliphatic carbocycles. The number of benzene rings is 1. The van der Waals surface area contributed by atoms with E-state index in [0.717, 1.165) is 10.5 Å². The van der Waals surface area contributed by atoms with E-state index in [1.807, 2.05) is 32.0 Å². The molecule has 0 bridgehead atoms. The minimum atomic E-state index is -1.19. The number of nitriles is 1. The maximum atomic E-state index is 12.9. The zero-order valence-corrected chi connectivity index (χ0v) is 16.8. The third-order valence-corrected chi connectivity index (χ3v) is 5.17. The third kappa shape index (κ3) is 4.09. The van der Waals surface area contributed by atoms with E-state index in [2.05, 4.69) is 16.7 Å². The fraction of sp³-hybridized carbons (Fsp3) is 0.500. The van der Waals surface area contributed by atoms with Crippen LogP contribution in [0.25, 0.3) is 0 Å². The SMILES string of the molecule is COc1ccccc1C[C@@]1(C)NC(=O)N(CC(=O)N[C@@](C)(C#N)C(C)C)C1=O. The molecular weight excluding hydrogens is 360 g/mol. The Balaban J connectivity index is 2.15. The summed E-state index contributed by atoms with van der Waals surface area (Å²) in [4.78, 5) is 38.5. The number of ether oxygens (including phenoxy) is 1. The standard InChI is InChI=1S/C20H26N4O4/c1-13(2)20(4,12-21)22-16(25)11-24-17(26)19(3,23-18(24)27)10-14-8-6-7-9-15(14)28-5/h6-9,13H,10-11H2,1-5H3,(H,22,25)(H,23,27)/t19-,20+/m1/s1. The fourth-order valence-electron chi connectivity index (χ4n) is 3.01. The number of methoxy groups -OCH3 is 1. The van der Waals surface area contributed by atoms with Crippen LogP contribution in [0, 0.1) is 17.2 Å². The van der Waals surface area contributed by atoms with Crippen LogP contribution in [0.1, 0.15) is 33.3 Å². The minimum absolute atomic E-state index is 0.139. The quantitative estimate of drug-likeness (QED) is 0.692. The van der Waals surface area contributed by atoms with Gasteiger partial charge in [-0.05, 0) is 31.4 Å². The predicted octanol–water partition coefficient (Wildman–Crippen LogP) is 1.60. The molecule has 2 atom stereocenters. The zero-order valence-electron chi connectivity index (χ0n) is 16.8. The van der Waals surface area contributed by atoms with Crippen LogP contribution in [0.4, 0.5) is 4.79 Å². The van der Waals surface area contributed by atoms with Crippen molar-refractivity contribution in [2.24, 2.45) is 5.92 Å². The molecule has 0 radical (unpaired) electrons. The number of imide groups is 1. The Bertz CT molecular complexity index is 832. The van der Waals surface area contributed by atoms with E-state index in [4.69, 9.17) is 4.74 Å². The third-order valence-electron chi connectivity index (χ3n) is 5.17. The van der Waals surface area contributed by atoms with Crippen LogP contribution in [0.2, 0.25) is 0 Å². The van der Waals surface area contributed by atoms with E-state index in [0.29, 0.717) is 5.75 Å². The van der Waals surface area contributed by atoms with Crippen LogP contribution in [0.15, 0.2) is 24.3 Å². The Morgan fingerprint density at radius 3 is 2.61 bits per heavy atom. The van der Waals surface area contributed by atoms with Crippen LogP contribution in [0.5, 0.6) is 5.75 Å². The van der Waals surface area contributed by atoms with Crippen LogP contribution >= 0.6 is 0 Å². The van der Waals surface area contributed by atoms with Crippen molar-refractivity contribution in [2.45, 2.75) is 45.2 Å². The van der Waals surface area contributed by atoms with E-state index in [9.17, 15) is 19.6 Å². The molecule has 0 saturated carbocycles. The summed E-state index contributed by atoms with van der Waals surface area (Å²) >= 11 is 0. The molecule has 0 unspecified atom stereocenters. The number of hydrogen-bond acceptors (Lipinski definition) is 5. The van der Waals surface area contributed by atoms with Crippen molar-refractivity contribution >= 4 is 17.8 Å². The summed E-state index contributed by atoms with van der Waals surface area (Å²) in [5.41, 5.74) is -1.51. The van der Waals surface area contributed by atoms with E-state index in [1.54, 1.807) is 19.9 Å². The van der Waals surface area contributed by atoms with Gasteiger partial charge in [-0.3, -0.25) is 14.5 Å². The number of rotatable bonds is 7. The minimum Gasteiger partial charge on any atom is -0.496 e. The van der Waals surface area contributed by atoms with E-state index in [-0.39, 0.29) is 12.3 Å². The van der Waals surface area contributed by atoms with Gasteiger partial charge >= 0.3 is 6.03 Å². The lowest BCUT2D eigenvalue weighted by atomic mass is 9.90. The summed E-state index contributed by atoms with van der Waals surface area (Å²) in [6.07, 6.45) is 0.224. The first-order chi connectivity index (χ1) is 13.1. The molecule has 4 amide bonds. The smallest absolute Gasteiger partial charge is 0.325 e. The first-order valence-corrected chi connectivity index (χ1v) is 9.04. The molecule has 1 aromatic rings. The molecule has 1 aliphatic rings. The van der Waals surface area contributed by atoms with Gasteiger partial charge in [0.25, 0.3) is 5.91 Å². The van der Waals surface area contributed by atoms with Crippen molar-refractivity contribution in [1.29, 1.82) is 5.26 Å². The molecule has 8 nitrogen and oxygen atoms in total. The molecule has 0 aromatic heterocycles. The number of carbonyl (C=O) groups excluding carboxylic acids is 3. The summed E-state index contributed by atoms with van der Waals surface area (Å²) in [5, 5.41) is 14.6. The Labute approximate surface area is 164 Å². The fourth-order valence-corrected chi connectivity index (χ4v) is 3.01. The Hall–Kier alpha value is -3.08. The highest BCUT2D eigenvalue weighted by atomic mass is 16.5. The molecule has 1 heterocycles.